The molecule has 0 N–H and O–H groups in total. The van der Waals surface area contributed by atoms with Crippen LogP contribution in [0.25, 0.3) is 0 Å². The summed E-state index contributed by atoms with van der Waals surface area (Å²) in [7, 11) is 3.24. The molecule has 0 unspecified atom stereocenters. The summed E-state index contributed by atoms with van der Waals surface area (Å²) in [4.78, 5) is 11.3. The lowest BCUT2D eigenvalue weighted by Gasteiger charge is -2.13. The van der Waals surface area contributed by atoms with Crippen molar-refractivity contribution < 1.29 is 14.3 Å². The van der Waals surface area contributed by atoms with E-state index < -0.39 is 0 Å². The normalized spacial score (nSPS) is 11.9. The van der Waals surface area contributed by atoms with Gasteiger partial charge in [0.1, 0.15) is 17.8 Å². The smallest absolute Gasteiger partial charge is 0.127 e. The Morgan fingerprint density at radius 2 is 1.68 bits per heavy atom. The molecule has 0 aliphatic carbocycles. The summed E-state index contributed by atoms with van der Waals surface area (Å²) in [5.41, 5.74) is 0.975. The molecule has 3 nitrogen and oxygen atoms in total. The molecule has 0 saturated heterocycles. The molecule has 1 aromatic carbocycles. The van der Waals surface area contributed by atoms with Gasteiger partial charge in [0.25, 0.3) is 0 Å². The Morgan fingerprint density at radius 3 is 2.16 bits per heavy atom. The average Bonchev–Trinajstić information content (AvgIpc) is 2.46. The SMILES string of the molecule is CCCCCC[C@H](C=O)c1cc(OC)cc(OC)c1. The van der Waals surface area contributed by atoms with Crippen LogP contribution in [0.4, 0.5) is 0 Å². The van der Waals surface area contributed by atoms with E-state index >= 15 is 0 Å². The highest BCUT2D eigenvalue weighted by atomic mass is 16.5. The minimum Gasteiger partial charge on any atom is -0.497 e. The summed E-state index contributed by atoms with van der Waals surface area (Å²) < 4.78 is 10.5. The fourth-order valence-corrected chi connectivity index (χ4v) is 2.15. The van der Waals surface area contributed by atoms with Crippen LogP contribution in [0.3, 0.4) is 0 Å². The molecule has 0 amide bonds. The highest BCUT2D eigenvalue weighted by Gasteiger charge is 2.13. The minimum atomic E-state index is -0.0687. The number of rotatable bonds is 9. The molecule has 0 heterocycles. The van der Waals surface area contributed by atoms with Crippen LogP contribution in [0.2, 0.25) is 0 Å². The van der Waals surface area contributed by atoms with Crippen LogP contribution in [-0.2, 0) is 4.79 Å². The molecule has 0 aliphatic rings. The van der Waals surface area contributed by atoms with Gasteiger partial charge in [-0.05, 0) is 24.1 Å². The zero-order valence-electron chi connectivity index (χ0n) is 12.1. The third-order valence-electron chi connectivity index (χ3n) is 3.33. The van der Waals surface area contributed by atoms with E-state index in [0.29, 0.717) is 0 Å². The van der Waals surface area contributed by atoms with Crippen molar-refractivity contribution in [3.05, 3.63) is 23.8 Å². The highest BCUT2D eigenvalue weighted by Crippen LogP contribution is 2.29. The zero-order chi connectivity index (χ0) is 14.1. The van der Waals surface area contributed by atoms with E-state index in [0.717, 1.165) is 36.2 Å². The van der Waals surface area contributed by atoms with Gasteiger partial charge in [-0.15, -0.1) is 0 Å². The first-order valence-electron chi connectivity index (χ1n) is 6.93. The molecule has 0 aliphatic heterocycles. The van der Waals surface area contributed by atoms with E-state index in [1.54, 1.807) is 14.2 Å². The maximum absolute atomic E-state index is 11.3. The predicted molar refractivity (Wildman–Crippen MR) is 77.1 cm³/mol. The van der Waals surface area contributed by atoms with Crippen LogP contribution in [0.1, 0.15) is 50.5 Å². The number of carbonyl (C=O) groups is 1. The number of unbranched alkanes of at least 4 members (excludes halogenated alkanes) is 3. The van der Waals surface area contributed by atoms with E-state index in [1.165, 1.54) is 19.3 Å². The summed E-state index contributed by atoms with van der Waals surface area (Å²) in [5, 5.41) is 0. The lowest BCUT2D eigenvalue weighted by molar-refractivity contribution is -0.109. The van der Waals surface area contributed by atoms with Crippen LogP contribution in [0.15, 0.2) is 18.2 Å². The Morgan fingerprint density at radius 1 is 1.05 bits per heavy atom. The second-order valence-corrected chi connectivity index (χ2v) is 4.74. The van der Waals surface area contributed by atoms with E-state index in [9.17, 15) is 4.79 Å². The molecule has 0 fully saturated rings. The molecule has 19 heavy (non-hydrogen) atoms. The Bertz CT molecular complexity index is 365. The molecule has 0 spiro atoms. The van der Waals surface area contributed by atoms with Gasteiger partial charge in [-0.1, -0.05) is 32.6 Å². The molecule has 0 saturated carbocycles. The monoisotopic (exact) mass is 264 g/mol. The summed E-state index contributed by atoms with van der Waals surface area (Å²) in [6.45, 7) is 2.18. The first-order chi connectivity index (χ1) is 9.24. The van der Waals surface area contributed by atoms with Gasteiger partial charge in [0.15, 0.2) is 0 Å². The Balaban J connectivity index is 2.76. The van der Waals surface area contributed by atoms with Crippen molar-refractivity contribution in [2.24, 2.45) is 0 Å². The van der Waals surface area contributed by atoms with Gasteiger partial charge in [0.2, 0.25) is 0 Å². The number of hydrogen-bond donors (Lipinski definition) is 0. The van der Waals surface area contributed by atoms with Crippen molar-refractivity contribution in [1.82, 2.24) is 0 Å². The van der Waals surface area contributed by atoms with Crippen LogP contribution < -0.4 is 9.47 Å². The molecule has 0 bridgehead atoms. The molecule has 1 rings (SSSR count). The third kappa shape index (κ3) is 4.93. The van der Waals surface area contributed by atoms with Gasteiger partial charge < -0.3 is 14.3 Å². The van der Waals surface area contributed by atoms with Gasteiger partial charge in [-0.25, -0.2) is 0 Å². The number of benzene rings is 1. The summed E-state index contributed by atoms with van der Waals surface area (Å²) in [6, 6.07) is 5.66. The number of carbonyl (C=O) groups excluding carboxylic acids is 1. The summed E-state index contributed by atoms with van der Waals surface area (Å²) >= 11 is 0. The molecular formula is C16H24O3. The van der Waals surface area contributed by atoms with E-state index in [2.05, 4.69) is 6.92 Å². The van der Waals surface area contributed by atoms with Crippen LogP contribution >= 0.6 is 0 Å². The molecule has 0 radical (unpaired) electrons. The summed E-state index contributed by atoms with van der Waals surface area (Å²) in [5.74, 6) is 1.39. The van der Waals surface area contributed by atoms with Gasteiger partial charge in [0.05, 0.1) is 14.2 Å². The fraction of sp³-hybridized carbons (Fsp3) is 0.562. The quantitative estimate of drug-likeness (QED) is 0.500. The number of ether oxygens (including phenoxy) is 2. The molecule has 1 aromatic rings. The van der Waals surface area contributed by atoms with Crippen molar-refractivity contribution in [1.29, 1.82) is 0 Å². The fourth-order valence-electron chi connectivity index (χ4n) is 2.15. The van der Waals surface area contributed by atoms with Crippen molar-refractivity contribution in [2.75, 3.05) is 14.2 Å². The number of aldehydes is 1. The van der Waals surface area contributed by atoms with Crippen molar-refractivity contribution in [2.45, 2.75) is 44.9 Å². The maximum atomic E-state index is 11.3. The molecule has 3 heteroatoms. The predicted octanol–water partition coefficient (Wildman–Crippen LogP) is 3.96. The van der Waals surface area contributed by atoms with Gasteiger partial charge >= 0.3 is 0 Å². The number of methoxy groups -OCH3 is 2. The lowest BCUT2D eigenvalue weighted by atomic mass is 9.94. The standard InChI is InChI=1S/C16H24O3/c1-4-5-6-7-8-13(12-17)14-9-15(18-2)11-16(10-14)19-3/h9-13H,4-8H2,1-3H3/t13-/m1/s1. The lowest BCUT2D eigenvalue weighted by Crippen LogP contribution is -2.02. The molecule has 106 valence electrons. The first-order valence-corrected chi connectivity index (χ1v) is 6.93. The third-order valence-corrected chi connectivity index (χ3v) is 3.33. The second-order valence-electron chi connectivity index (χ2n) is 4.74. The Kier molecular flexibility index (Phi) is 7.01. The van der Waals surface area contributed by atoms with E-state index in [4.69, 9.17) is 9.47 Å². The number of hydrogen-bond acceptors (Lipinski definition) is 3. The largest absolute Gasteiger partial charge is 0.497 e. The van der Waals surface area contributed by atoms with Crippen molar-refractivity contribution in [3.8, 4) is 11.5 Å². The zero-order valence-corrected chi connectivity index (χ0v) is 12.1. The Hall–Kier alpha value is -1.51. The summed E-state index contributed by atoms with van der Waals surface area (Å²) in [6.07, 6.45) is 6.62. The first kappa shape index (κ1) is 15.5. The molecule has 1 atom stereocenters. The van der Waals surface area contributed by atoms with Crippen molar-refractivity contribution >= 4 is 6.29 Å². The van der Waals surface area contributed by atoms with Gasteiger partial charge in [-0.3, -0.25) is 0 Å². The molecular weight excluding hydrogens is 240 g/mol. The van der Waals surface area contributed by atoms with Crippen LogP contribution in [0, 0.1) is 0 Å². The van der Waals surface area contributed by atoms with Crippen LogP contribution in [0.5, 0.6) is 11.5 Å². The minimum absolute atomic E-state index is 0.0687. The maximum Gasteiger partial charge on any atom is 0.127 e. The molecule has 0 aromatic heterocycles. The van der Waals surface area contributed by atoms with E-state index in [-0.39, 0.29) is 5.92 Å². The topological polar surface area (TPSA) is 35.5 Å². The van der Waals surface area contributed by atoms with E-state index in [1.807, 2.05) is 18.2 Å². The van der Waals surface area contributed by atoms with Crippen molar-refractivity contribution in [3.63, 3.8) is 0 Å². The average molecular weight is 264 g/mol. The Labute approximate surface area is 115 Å². The van der Waals surface area contributed by atoms with Gasteiger partial charge in [-0.2, -0.15) is 0 Å². The second kappa shape index (κ2) is 8.57. The van der Waals surface area contributed by atoms with Gasteiger partial charge in [0, 0.05) is 12.0 Å². The highest BCUT2D eigenvalue weighted by molar-refractivity contribution is 5.63. The van der Waals surface area contributed by atoms with Crippen LogP contribution in [-0.4, -0.2) is 20.5 Å².